The lowest BCUT2D eigenvalue weighted by molar-refractivity contribution is 0.0749. The van der Waals surface area contributed by atoms with Crippen molar-refractivity contribution in [1.82, 2.24) is 5.32 Å². The minimum absolute atomic E-state index is 0.293. The highest BCUT2D eigenvalue weighted by atomic mass is 16.5. The third kappa shape index (κ3) is 4.48. The van der Waals surface area contributed by atoms with Crippen molar-refractivity contribution in [3.05, 3.63) is 0 Å². The third-order valence-corrected chi connectivity index (χ3v) is 2.77. The van der Waals surface area contributed by atoms with Crippen molar-refractivity contribution >= 4 is 5.84 Å². The van der Waals surface area contributed by atoms with Crippen LogP contribution in [-0.2, 0) is 4.74 Å². The smallest absolute Gasteiger partial charge is 0.140 e. The van der Waals surface area contributed by atoms with Crippen LogP contribution in [0.2, 0.25) is 0 Å². The summed E-state index contributed by atoms with van der Waals surface area (Å²) in [6.07, 6.45) is 3.68. The van der Waals surface area contributed by atoms with E-state index in [2.05, 4.69) is 17.4 Å². The fourth-order valence-electron chi connectivity index (χ4n) is 1.81. The van der Waals surface area contributed by atoms with Crippen LogP contribution in [0.15, 0.2) is 5.16 Å². The van der Waals surface area contributed by atoms with Gasteiger partial charge in [-0.1, -0.05) is 12.1 Å². The molecule has 4 N–H and O–H groups in total. The number of nitrogens with one attached hydrogen (secondary N) is 1. The van der Waals surface area contributed by atoms with Crippen LogP contribution in [0.25, 0.3) is 0 Å². The molecule has 1 aliphatic heterocycles. The van der Waals surface area contributed by atoms with E-state index < -0.39 is 0 Å². The lowest BCUT2D eigenvalue weighted by Crippen LogP contribution is -2.43. The summed E-state index contributed by atoms with van der Waals surface area (Å²) in [7, 11) is 0. The van der Waals surface area contributed by atoms with E-state index in [1.54, 1.807) is 0 Å². The van der Waals surface area contributed by atoms with E-state index in [9.17, 15) is 0 Å². The van der Waals surface area contributed by atoms with E-state index in [1.165, 1.54) is 0 Å². The lowest BCUT2D eigenvalue weighted by Gasteiger charge is -2.27. The van der Waals surface area contributed by atoms with Crippen LogP contribution in [0.3, 0.4) is 0 Å². The maximum atomic E-state index is 8.50. The molecule has 15 heavy (non-hydrogen) atoms. The summed E-state index contributed by atoms with van der Waals surface area (Å²) in [6.45, 7) is 3.76. The number of nitrogens with zero attached hydrogens (tertiary/aromatic N) is 1. The van der Waals surface area contributed by atoms with Gasteiger partial charge in [0.05, 0.1) is 0 Å². The molecule has 1 heterocycles. The van der Waals surface area contributed by atoms with Gasteiger partial charge in [-0.25, -0.2) is 0 Å². The van der Waals surface area contributed by atoms with Gasteiger partial charge in [0, 0.05) is 31.7 Å². The molecule has 5 heteroatoms. The first-order chi connectivity index (χ1) is 7.26. The molecule has 0 radical (unpaired) electrons. The Balaban J connectivity index is 2.31. The highest BCUT2D eigenvalue weighted by molar-refractivity contribution is 5.80. The second kappa shape index (κ2) is 6.63. The van der Waals surface area contributed by atoms with Gasteiger partial charge in [-0.3, -0.25) is 0 Å². The first kappa shape index (κ1) is 12.3. The number of nitrogens with two attached hydrogens (primary N) is 1. The highest BCUT2D eigenvalue weighted by Gasteiger charge is 2.17. The van der Waals surface area contributed by atoms with E-state index in [1.807, 2.05) is 0 Å². The summed E-state index contributed by atoms with van der Waals surface area (Å²) in [5, 5.41) is 15.0. The highest BCUT2D eigenvalue weighted by Crippen LogP contribution is 2.09. The normalized spacial score (nSPS) is 21.5. The van der Waals surface area contributed by atoms with Crippen molar-refractivity contribution in [3.8, 4) is 0 Å². The molecule has 88 valence electrons. The Morgan fingerprint density at radius 1 is 1.60 bits per heavy atom. The van der Waals surface area contributed by atoms with Crippen LogP contribution in [-0.4, -0.2) is 36.3 Å². The molecule has 0 saturated carbocycles. The number of hydrogen-bond donors (Lipinski definition) is 3. The van der Waals surface area contributed by atoms with Gasteiger partial charge >= 0.3 is 0 Å². The van der Waals surface area contributed by atoms with Crippen LogP contribution in [0.1, 0.15) is 32.6 Å². The number of ether oxygens (including phenoxy) is 1. The van der Waals surface area contributed by atoms with Crippen molar-refractivity contribution in [1.29, 1.82) is 0 Å². The summed E-state index contributed by atoms with van der Waals surface area (Å²) in [4.78, 5) is 0. The SMILES string of the molecule is CCC(CC(N)=NO)NC1CCOCC1. The maximum Gasteiger partial charge on any atom is 0.140 e. The van der Waals surface area contributed by atoms with Gasteiger partial charge in [0.25, 0.3) is 0 Å². The first-order valence-corrected chi connectivity index (χ1v) is 5.56. The van der Waals surface area contributed by atoms with Crippen LogP contribution in [0, 0.1) is 0 Å². The topological polar surface area (TPSA) is 79.9 Å². The van der Waals surface area contributed by atoms with E-state index in [-0.39, 0.29) is 0 Å². The Bertz CT molecular complexity index is 203. The van der Waals surface area contributed by atoms with Gasteiger partial charge < -0.3 is 21.0 Å². The average molecular weight is 215 g/mol. The molecule has 0 aromatic carbocycles. The zero-order valence-electron chi connectivity index (χ0n) is 9.28. The molecular formula is C10H21N3O2. The molecule has 0 aromatic heterocycles. The maximum absolute atomic E-state index is 8.50. The van der Waals surface area contributed by atoms with E-state index >= 15 is 0 Å². The van der Waals surface area contributed by atoms with E-state index in [0.29, 0.717) is 24.3 Å². The van der Waals surface area contributed by atoms with Crippen LogP contribution in [0.5, 0.6) is 0 Å². The Labute approximate surface area is 90.7 Å². The predicted molar refractivity (Wildman–Crippen MR) is 59.1 cm³/mol. The van der Waals surface area contributed by atoms with Gasteiger partial charge in [0.2, 0.25) is 0 Å². The first-order valence-electron chi connectivity index (χ1n) is 5.56. The van der Waals surface area contributed by atoms with Gasteiger partial charge in [0.15, 0.2) is 0 Å². The molecule has 1 rings (SSSR count). The largest absolute Gasteiger partial charge is 0.409 e. The molecule has 5 nitrogen and oxygen atoms in total. The fourth-order valence-corrected chi connectivity index (χ4v) is 1.81. The molecule has 0 bridgehead atoms. The molecule has 1 atom stereocenters. The van der Waals surface area contributed by atoms with Crippen LogP contribution >= 0.6 is 0 Å². The van der Waals surface area contributed by atoms with Crippen molar-refractivity contribution in [2.45, 2.75) is 44.7 Å². The Kier molecular flexibility index (Phi) is 5.42. The standard InChI is InChI=1S/C10H21N3O2/c1-2-8(7-10(11)13-14)12-9-3-5-15-6-4-9/h8-9,12,14H,2-7H2,1H3,(H2,11,13). The van der Waals surface area contributed by atoms with Crippen molar-refractivity contribution < 1.29 is 9.94 Å². The van der Waals surface area contributed by atoms with Gasteiger partial charge in [-0.2, -0.15) is 0 Å². The Morgan fingerprint density at radius 2 is 2.27 bits per heavy atom. The summed E-state index contributed by atoms with van der Waals surface area (Å²) in [6, 6.07) is 0.805. The second-order valence-corrected chi connectivity index (χ2v) is 3.95. The van der Waals surface area contributed by atoms with Crippen LogP contribution in [0.4, 0.5) is 0 Å². The Morgan fingerprint density at radius 3 is 2.80 bits per heavy atom. The molecule has 1 saturated heterocycles. The zero-order chi connectivity index (χ0) is 11.1. The minimum atomic E-state index is 0.293. The quantitative estimate of drug-likeness (QED) is 0.272. The summed E-state index contributed by atoms with van der Waals surface area (Å²) in [5.74, 6) is 0.293. The monoisotopic (exact) mass is 215 g/mol. The number of amidine groups is 1. The van der Waals surface area contributed by atoms with Gasteiger partial charge in [-0.15, -0.1) is 0 Å². The molecule has 1 aliphatic rings. The Hall–Kier alpha value is -0.810. The third-order valence-electron chi connectivity index (χ3n) is 2.77. The van der Waals surface area contributed by atoms with Crippen molar-refractivity contribution in [2.75, 3.05) is 13.2 Å². The van der Waals surface area contributed by atoms with Gasteiger partial charge in [0.1, 0.15) is 5.84 Å². The lowest BCUT2D eigenvalue weighted by atomic mass is 10.0. The fraction of sp³-hybridized carbons (Fsp3) is 0.900. The molecular weight excluding hydrogens is 194 g/mol. The van der Waals surface area contributed by atoms with Crippen molar-refractivity contribution in [3.63, 3.8) is 0 Å². The molecule has 1 unspecified atom stereocenters. The second-order valence-electron chi connectivity index (χ2n) is 3.95. The number of rotatable bonds is 5. The minimum Gasteiger partial charge on any atom is -0.409 e. The number of oxime groups is 1. The molecule has 1 fully saturated rings. The average Bonchev–Trinajstić information content (AvgIpc) is 2.29. The van der Waals surface area contributed by atoms with Crippen molar-refractivity contribution in [2.24, 2.45) is 10.9 Å². The van der Waals surface area contributed by atoms with E-state index in [0.717, 1.165) is 32.5 Å². The predicted octanol–water partition coefficient (Wildman–Crippen LogP) is 0.670. The molecule has 0 spiro atoms. The number of hydrogen-bond acceptors (Lipinski definition) is 4. The summed E-state index contributed by atoms with van der Waals surface area (Å²) in [5.41, 5.74) is 5.49. The van der Waals surface area contributed by atoms with E-state index in [4.69, 9.17) is 15.7 Å². The molecule has 0 aliphatic carbocycles. The summed E-state index contributed by atoms with van der Waals surface area (Å²) < 4.78 is 5.29. The van der Waals surface area contributed by atoms with Crippen LogP contribution < -0.4 is 11.1 Å². The molecule has 0 aromatic rings. The zero-order valence-corrected chi connectivity index (χ0v) is 9.28. The van der Waals surface area contributed by atoms with Gasteiger partial charge in [-0.05, 0) is 19.3 Å². The summed E-state index contributed by atoms with van der Waals surface area (Å²) >= 11 is 0. The molecule has 0 amide bonds.